The molecule has 0 N–H and O–H groups in total. The summed E-state index contributed by atoms with van der Waals surface area (Å²) in [6.45, 7) is 3.67. The third-order valence-corrected chi connectivity index (χ3v) is 4.24. The van der Waals surface area contributed by atoms with Gasteiger partial charge in [0.2, 0.25) is 0 Å². The zero-order chi connectivity index (χ0) is 17.0. The van der Waals surface area contributed by atoms with Gasteiger partial charge in [-0.2, -0.15) is 0 Å². The van der Waals surface area contributed by atoms with Crippen LogP contribution in [0.5, 0.6) is 0 Å². The van der Waals surface area contributed by atoms with E-state index in [1.807, 2.05) is 0 Å². The number of methoxy groups -OCH3 is 1. The Labute approximate surface area is 139 Å². The van der Waals surface area contributed by atoms with Crippen LogP contribution in [0.2, 0.25) is 5.02 Å². The number of hydrogen-bond acceptors (Lipinski definition) is 5. The van der Waals surface area contributed by atoms with E-state index in [2.05, 4.69) is 0 Å². The highest BCUT2D eigenvalue weighted by Gasteiger charge is 2.29. The van der Waals surface area contributed by atoms with Gasteiger partial charge in [-0.1, -0.05) is 11.6 Å². The van der Waals surface area contributed by atoms with Gasteiger partial charge in [0.25, 0.3) is 11.6 Å². The number of likely N-dealkylation sites (tertiary alicyclic amines) is 1. The van der Waals surface area contributed by atoms with E-state index in [1.165, 1.54) is 6.07 Å². The molecule has 0 aliphatic carbocycles. The fourth-order valence-electron chi connectivity index (χ4n) is 2.54. The molecule has 0 saturated carbocycles. The molecule has 1 aliphatic heterocycles. The summed E-state index contributed by atoms with van der Waals surface area (Å²) in [6, 6.07) is 2.81. The smallest absolute Gasteiger partial charge is 0.288 e. The Kier molecular flexibility index (Phi) is 5.92. The third-order valence-electron chi connectivity index (χ3n) is 3.75. The summed E-state index contributed by atoms with van der Waals surface area (Å²) in [5, 5.41) is 11.1. The number of aryl methyl sites for hydroxylation is 1. The molecule has 8 heteroatoms. The van der Waals surface area contributed by atoms with Gasteiger partial charge < -0.3 is 14.4 Å². The van der Waals surface area contributed by atoms with Crippen LogP contribution in [0.4, 0.5) is 5.69 Å². The number of nitrogens with zero attached hydrogens (tertiary/aromatic N) is 2. The van der Waals surface area contributed by atoms with Crippen molar-refractivity contribution in [3.05, 3.63) is 38.4 Å². The largest absolute Gasteiger partial charge is 0.382 e. The van der Waals surface area contributed by atoms with Crippen LogP contribution in [0.15, 0.2) is 12.1 Å². The number of ether oxygens (including phenoxy) is 2. The number of nitro benzene ring substituents is 1. The third kappa shape index (κ3) is 4.19. The van der Waals surface area contributed by atoms with Gasteiger partial charge >= 0.3 is 0 Å². The molecule has 1 unspecified atom stereocenters. The standard InChI is InChI=1S/C15H19ClN2O5/c1-10-7-11(8-13(14(10)16)18(20)21)15(19)17-4-3-12(9-17)23-6-5-22-2/h7-8,12H,3-6,9H2,1-2H3. The second-order valence-corrected chi connectivity index (χ2v) is 5.79. The van der Waals surface area contributed by atoms with Crippen LogP contribution < -0.4 is 0 Å². The Morgan fingerprint density at radius 1 is 1.48 bits per heavy atom. The number of amides is 1. The molecule has 0 radical (unpaired) electrons. The molecule has 7 nitrogen and oxygen atoms in total. The maximum absolute atomic E-state index is 12.5. The van der Waals surface area contributed by atoms with Crippen molar-refractivity contribution in [3.63, 3.8) is 0 Å². The average molecular weight is 343 g/mol. The van der Waals surface area contributed by atoms with Crippen molar-refractivity contribution < 1.29 is 19.2 Å². The van der Waals surface area contributed by atoms with Crippen LogP contribution in [-0.2, 0) is 9.47 Å². The molecule has 2 rings (SSSR count). The topological polar surface area (TPSA) is 81.9 Å². The van der Waals surface area contributed by atoms with E-state index in [0.29, 0.717) is 31.9 Å². The predicted octanol–water partition coefficient (Wildman–Crippen LogP) is 2.43. The first kappa shape index (κ1) is 17.7. The van der Waals surface area contributed by atoms with Crippen molar-refractivity contribution in [1.29, 1.82) is 0 Å². The lowest BCUT2D eigenvalue weighted by molar-refractivity contribution is -0.384. The molecule has 1 fully saturated rings. The lowest BCUT2D eigenvalue weighted by Crippen LogP contribution is -2.30. The number of rotatable bonds is 6. The van der Waals surface area contributed by atoms with E-state index >= 15 is 0 Å². The van der Waals surface area contributed by atoms with Gasteiger partial charge in [-0.25, -0.2) is 0 Å². The average Bonchev–Trinajstić information content (AvgIpc) is 2.98. The number of carbonyl (C=O) groups is 1. The van der Waals surface area contributed by atoms with Gasteiger partial charge in [-0.05, 0) is 25.0 Å². The van der Waals surface area contributed by atoms with E-state index in [1.54, 1.807) is 25.0 Å². The summed E-state index contributed by atoms with van der Waals surface area (Å²) in [5.41, 5.74) is 0.537. The van der Waals surface area contributed by atoms with Crippen molar-refractivity contribution >= 4 is 23.2 Å². The number of carbonyl (C=O) groups excluding carboxylic acids is 1. The maximum Gasteiger partial charge on any atom is 0.288 e. The van der Waals surface area contributed by atoms with Gasteiger partial charge in [0.05, 0.1) is 24.2 Å². The highest BCUT2D eigenvalue weighted by Crippen LogP contribution is 2.30. The van der Waals surface area contributed by atoms with Crippen LogP contribution >= 0.6 is 11.6 Å². The van der Waals surface area contributed by atoms with E-state index < -0.39 is 4.92 Å². The minimum absolute atomic E-state index is 0.0301. The highest BCUT2D eigenvalue weighted by atomic mass is 35.5. The number of halogens is 1. The Morgan fingerprint density at radius 2 is 2.22 bits per heavy atom. The molecule has 1 saturated heterocycles. The fourth-order valence-corrected chi connectivity index (χ4v) is 2.71. The molecule has 1 atom stereocenters. The second kappa shape index (κ2) is 7.72. The van der Waals surface area contributed by atoms with Crippen molar-refractivity contribution in [2.75, 3.05) is 33.4 Å². The van der Waals surface area contributed by atoms with Gasteiger partial charge in [0.15, 0.2) is 0 Å². The molecule has 1 amide bonds. The number of nitro groups is 1. The van der Waals surface area contributed by atoms with Crippen LogP contribution in [0.3, 0.4) is 0 Å². The van der Waals surface area contributed by atoms with Crippen LogP contribution in [0.25, 0.3) is 0 Å². The molecule has 0 bridgehead atoms. The summed E-state index contributed by atoms with van der Waals surface area (Å²) in [5.74, 6) is -0.245. The molecule has 23 heavy (non-hydrogen) atoms. The summed E-state index contributed by atoms with van der Waals surface area (Å²) in [4.78, 5) is 24.6. The molecular formula is C15H19ClN2O5. The normalized spacial score (nSPS) is 17.5. The first-order chi connectivity index (χ1) is 10.9. The Balaban J connectivity index is 2.08. The van der Waals surface area contributed by atoms with Gasteiger partial charge in [0, 0.05) is 31.8 Å². The summed E-state index contributed by atoms with van der Waals surface area (Å²) >= 11 is 5.92. The minimum Gasteiger partial charge on any atom is -0.382 e. The maximum atomic E-state index is 12.5. The predicted molar refractivity (Wildman–Crippen MR) is 85.0 cm³/mol. The second-order valence-electron chi connectivity index (χ2n) is 5.41. The van der Waals surface area contributed by atoms with Crippen molar-refractivity contribution in [3.8, 4) is 0 Å². The van der Waals surface area contributed by atoms with Gasteiger partial charge in [-0.3, -0.25) is 14.9 Å². The lowest BCUT2D eigenvalue weighted by atomic mass is 10.1. The van der Waals surface area contributed by atoms with Crippen LogP contribution in [0.1, 0.15) is 22.3 Å². The lowest BCUT2D eigenvalue weighted by Gasteiger charge is -2.17. The first-order valence-corrected chi connectivity index (χ1v) is 7.66. The molecule has 1 aromatic carbocycles. The SMILES string of the molecule is COCCOC1CCN(C(=O)c2cc(C)c(Cl)c([N+](=O)[O-])c2)C1. The summed E-state index contributed by atoms with van der Waals surface area (Å²) in [6.07, 6.45) is 0.710. The minimum atomic E-state index is -0.577. The Hall–Kier alpha value is -1.70. The summed E-state index contributed by atoms with van der Waals surface area (Å²) in [7, 11) is 1.60. The molecule has 126 valence electrons. The summed E-state index contributed by atoms with van der Waals surface area (Å²) < 4.78 is 10.5. The molecule has 1 heterocycles. The van der Waals surface area contributed by atoms with Crippen LogP contribution in [-0.4, -0.2) is 55.2 Å². The monoisotopic (exact) mass is 342 g/mol. The number of hydrogen-bond donors (Lipinski definition) is 0. The molecule has 1 aromatic rings. The zero-order valence-electron chi connectivity index (χ0n) is 13.1. The van der Waals surface area contributed by atoms with Crippen molar-refractivity contribution in [2.24, 2.45) is 0 Å². The van der Waals surface area contributed by atoms with Crippen LogP contribution in [0, 0.1) is 17.0 Å². The highest BCUT2D eigenvalue weighted by molar-refractivity contribution is 6.33. The Bertz CT molecular complexity index is 608. The molecule has 0 spiro atoms. The molecular weight excluding hydrogens is 324 g/mol. The fraction of sp³-hybridized carbons (Fsp3) is 0.533. The quantitative estimate of drug-likeness (QED) is 0.450. The van der Waals surface area contributed by atoms with E-state index in [9.17, 15) is 14.9 Å². The van der Waals surface area contributed by atoms with Crippen molar-refractivity contribution in [1.82, 2.24) is 4.90 Å². The van der Waals surface area contributed by atoms with Crippen molar-refractivity contribution in [2.45, 2.75) is 19.4 Å². The van der Waals surface area contributed by atoms with Gasteiger partial charge in [0.1, 0.15) is 5.02 Å². The van der Waals surface area contributed by atoms with Gasteiger partial charge in [-0.15, -0.1) is 0 Å². The zero-order valence-corrected chi connectivity index (χ0v) is 13.8. The molecule has 1 aliphatic rings. The Morgan fingerprint density at radius 3 is 2.87 bits per heavy atom. The van der Waals surface area contributed by atoms with E-state index in [0.717, 1.165) is 6.42 Å². The van der Waals surface area contributed by atoms with E-state index in [-0.39, 0.29) is 28.3 Å². The first-order valence-electron chi connectivity index (χ1n) is 7.28. The number of benzene rings is 1. The van der Waals surface area contributed by atoms with E-state index in [4.69, 9.17) is 21.1 Å². The molecule has 0 aromatic heterocycles.